The van der Waals surface area contributed by atoms with Crippen LogP contribution < -0.4 is 5.32 Å². The van der Waals surface area contributed by atoms with Crippen LogP contribution in [0.4, 0.5) is 5.69 Å². The van der Waals surface area contributed by atoms with Crippen LogP contribution in [0.25, 0.3) is 0 Å². The molecule has 1 aliphatic carbocycles. The van der Waals surface area contributed by atoms with Gasteiger partial charge in [0.1, 0.15) is 0 Å². The van der Waals surface area contributed by atoms with Gasteiger partial charge >= 0.3 is 0 Å². The molecule has 0 bridgehead atoms. The number of furan rings is 1. The molecule has 0 saturated carbocycles. The summed E-state index contributed by atoms with van der Waals surface area (Å²) >= 11 is 5.77. The van der Waals surface area contributed by atoms with Crippen molar-refractivity contribution in [3.8, 4) is 0 Å². The number of benzene rings is 1. The smallest absolute Gasteiger partial charge is 0.260 e. The highest BCUT2D eigenvalue weighted by atomic mass is 35.5. The number of hydrogen-bond acceptors (Lipinski definition) is 2. The topological polar surface area (TPSA) is 42.2 Å². The summed E-state index contributed by atoms with van der Waals surface area (Å²) in [6.07, 6.45) is 4.82. The Morgan fingerprint density at radius 2 is 2.06 bits per heavy atom. The van der Waals surface area contributed by atoms with E-state index in [4.69, 9.17) is 16.0 Å². The summed E-state index contributed by atoms with van der Waals surface area (Å²) in [5, 5.41) is 2.95. The number of anilines is 1. The van der Waals surface area contributed by atoms with E-state index in [1.54, 1.807) is 6.07 Å². The minimum atomic E-state index is -0.244. The molecule has 0 atom stereocenters. The lowest BCUT2D eigenvalue weighted by molar-refractivity contribution is 0.102. The molecule has 0 fully saturated rings. The minimum absolute atomic E-state index is 0.119. The SMILES string of the molecule is O=C(Nc1ccc2c(c1)CCC2)c1ccoc1Cl. The molecule has 2 aromatic rings. The van der Waals surface area contributed by atoms with Crippen LogP contribution in [0.2, 0.25) is 5.22 Å². The lowest BCUT2D eigenvalue weighted by atomic mass is 10.1. The number of nitrogens with one attached hydrogen (secondary N) is 1. The second kappa shape index (κ2) is 4.50. The van der Waals surface area contributed by atoms with Gasteiger partial charge in [0.2, 0.25) is 5.22 Å². The van der Waals surface area contributed by atoms with E-state index in [1.807, 2.05) is 12.1 Å². The third-order valence-corrected chi connectivity index (χ3v) is 3.51. The van der Waals surface area contributed by atoms with Gasteiger partial charge in [-0.3, -0.25) is 4.79 Å². The summed E-state index contributed by atoms with van der Waals surface area (Å²) in [7, 11) is 0. The Morgan fingerprint density at radius 1 is 1.22 bits per heavy atom. The summed E-state index contributed by atoms with van der Waals surface area (Å²) in [5.41, 5.74) is 3.87. The van der Waals surface area contributed by atoms with Gasteiger partial charge in [-0.1, -0.05) is 6.07 Å². The number of aryl methyl sites for hydroxylation is 2. The van der Waals surface area contributed by atoms with Gasteiger partial charge in [-0.25, -0.2) is 0 Å². The van der Waals surface area contributed by atoms with E-state index in [9.17, 15) is 4.79 Å². The number of fused-ring (bicyclic) bond motifs is 1. The van der Waals surface area contributed by atoms with Crippen LogP contribution in [-0.4, -0.2) is 5.91 Å². The van der Waals surface area contributed by atoms with Crippen LogP contribution in [0.3, 0.4) is 0 Å². The van der Waals surface area contributed by atoms with Crippen LogP contribution in [0.5, 0.6) is 0 Å². The van der Waals surface area contributed by atoms with Crippen molar-refractivity contribution >= 4 is 23.2 Å². The number of rotatable bonds is 2. The van der Waals surface area contributed by atoms with E-state index in [2.05, 4.69) is 11.4 Å². The van der Waals surface area contributed by atoms with Gasteiger partial charge in [0.05, 0.1) is 11.8 Å². The van der Waals surface area contributed by atoms with E-state index in [-0.39, 0.29) is 11.1 Å². The Kier molecular flexibility index (Phi) is 2.84. The van der Waals surface area contributed by atoms with Crippen molar-refractivity contribution in [1.29, 1.82) is 0 Å². The van der Waals surface area contributed by atoms with Gasteiger partial charge in [-0.05, 0) is 60.2 Å². The van der Waals surface area contributed by atoms with Gasteiger partial charge in [0, 0.05) is 5.69 Å². The number of carbonyl (C=O) groups is 1. The maximum Gasteiger partial charge on any atom is 0.260 e. The third-order valence-electron chi connectivity index (χ3n) is 3.22. The lowest BCUT2D eigenvalue weighted by Crippen LogP contribution is -2.11. The number of halogens is 1. The van der Waals surface area contributed by atoms with Crippen molar-refractivity contribution in [3.63, 3.8) is 0 Å². The molecule has 0 spiro atoms. The molecule has 0 saturated heterocycles. The number of amides is 1. The lowest BCUT2D eigenvalue weighted by Gasteiger charge is -2.06. The molecule has 1 amide bonds. The maximum absolute atomic E-state index is 11.9. The average Bonchev–Trinajstić information content (AvgIpc) is 2.96. The van der Waals surface area contributed by atoms with Gasteiger partial charge < -0.3 is 9.73 Å². The van der Waals surface area contributed by atoms with Gasteiger partial charge in [-0.2, -0.15) is 0 Å². The fourth-order valence-corrected chi connectivity index (χ4v) is 2.50. The highest BCUT2D eigenvalue weighted by Crippen LogP contribution is 2.25. The van der Waals surface area contributed by atoms with E-state index in [1.165, 1.54) is 23.8 Å². The molecule has 4 heteroatoms. The zero-order valence-electron chi connectivity index (χ0n) is 9.70. The van der Waals surface area contributed by atoms with Crippen molar-refractivity contribution in [2.75, 3.05) is 5.32 Å². The fourth-order valence-electron chi connectivity index (χ4n) is 2.30. The summed E-state index contributed by atoms with van der Waals surface area (Å²) < 4.78 is 4.90. The second-order valence-corrected chi connectivity index (χ2v) is 4.74. The molecular formula is C14H12ClNO2. The maximum atomic E-state index is 11.9. The summed E-state index contributed by atoms with van der Waals surface area (Å²) in [5.74, 6) is -0.244. The van der Waals surface area contributed by atoms with Crippen LogP contribution in [-0.2, 0) is 12.8 Å². The van der Waals surface area contributed by atoms with Gasteiger partial charge in [0.25, 0.3) is 5.91 Å². The molecule has 92 valence electrons. The monoisotopic (exact) mass is 261 g/mol. The predicted octanol–water partition coefficient (Wildman–Crippen LogP) is 3.67. The molecular weight excluding hydrogens is 250 g/mol. The first-order valence-corrected chi connectivity index (χ1v) is 6.28. The highest BCUT2D eigenvalue weighted by molar-refractivity contribution is 6.32. The molecule has 1 aromatic carbocycles. The van der Waals surface area contributed by atoms with Crippen LogP contribution >= 0.6 is 11.6 Å². The molecule has 0 aliphatic heterocycles. The normalized spacial score (nSPS) is 13.4. The van der Waals surface area contributed by atoms with E-state index >= 15 is 0 Å². The summed E-state index contributed by atoms with van der Waals surface area (Å²) in [4.78, 5) is 11.9. The molecule has 1 aliphatic rings. The van der Waals surface area contributed by atoms with Crippen molar-refractivity contribution in [2.45, 2.75) is 19.3 Å². The largest absolute Gasteiger partial charge is 0.452 e. The molecule has 1 heterocycles. The Morgan fingerprint density at radius 3 is 2.83 bits per heavy atom. The fraction of sp³-hybridized carbons (Fsp3) is 0.214. The van der Waals surface area contributed by atoms with Crippen LogP contribution in [0.15, 0.2) is 34.9 Å². The third kappa shape index (κ3) is 2.02. The predicted molar refractivity (Wildman–Crippen MR) is 70.1 cm³/mol. The van der Waals surface area contributed by atoms with Crippen molar-refractivity contribution in [1.82, 2.24) is 0 Å². The quantitative estimate of drug-likeness (QED) is 0.896. The second-order valence-electron chi connectivity index (χ2n) is 4.40. The standard InChI is InChI=1S/C14H12ClNO2/c15-13-12(6-7-18-13)14(17)16-11-5-4-9-2-1-3-10(9)8-11/h4-8H,1-3H2,(H,16,17). The molecule has 1 aromatic heterocycles. The van der Waals surface area contributed by atoms with Crippen LogP contribution in [0, 0.1) is 0 Å². The average molecular weight is 262 g/mol. The van der Waals surface area contributed by atoms with Crippen molar-refractivity contribution in [3.05, 3.63) is 52.4 Å². The minimum Gasteiger partial charge on any atom is -0.452 e. The van der Waals surface area contributed by atoms with E-state index < -0.39 is 0 Å². The molecule has 1 N–H and O–H groups in total. The molecule has 3 nitrogen and oxygen atoms in total. The Hall–Kier alpha value is -1.74. The van der Waals surface area contributed by atoms with Gasteiger partial charge in [0.15, 0.2) is 0 Å². The molecule has 18 heavy (non-hydrogen) atoms. The Bertz CT molecular complexity index is 604. The van der Waals surface area contributed by atoms with Crippen molar-refractivity contribution in [2.24, 2.45) is 0 Å². The van der Waals surface area contributed by atoms with Crippen LogP contribution in [0.1, 0.15) is 27.9 Å². The first-order chi connectivity index (χ1) is 8.74. The Balaban J connectivity index is 1.81. The highest BCUT2D eigenvalue weighted by Gasteiger charge is 2.15. The molecule has 0 unspecified atom stereocenters. The summed E-state index contributed by atoms with van der Waals surface area (Å²) in [6, 6.07) is 7.60. The van der Waals surface area contributed by atoms with E-state index in [0.29, 0.717) is 5.56 Å². The molecule has 3 rings (SSSR count). The van der Waals surface area contributed by atoms with Gasteiger partial charge in [-0.15, -0.1) is 0 Å². The number of hydrogen-bond donors (Lipinski definition) is 1. The molecule has 0 radical (unpaired) electrons. The first-order valence-electron chi connectivity index (χ1n) is 5.90. The first kappa shape index (κ1) is 11.4. The summed E-state index contributed by atoms with van der Waals surface area (Å²) in [6.45, 7) is 0. The zero-order chi connectivity index (χ0) is 12.5. The zero-order valence-corrected chi connectivity index (χ0v) is 10.5. The Labute approximate surface area is 110 Å². The van der Waals surface area contributed by atoms with Crippen molar-refractivity contribution < 1.29 is 9.21 Å². The number of carbonyl (C=O) groups excluding carboxylic acids is 1. The van der Waals surface area contributed by atoms with E-state index in [0.717, 1.165) is 18.5 Å².